The van der Waals surface area contributed by atoms with Crippen LogP contribution < -0.4 is 5.32 Å². The van der Waals surface area contributed by atoms with Crippen LogP contribution in [0.25, 0.3) is 0 Å². The van der Waals surface area contributed by atoms with E-state index in [1.54, 1.807) is 34.8 Å². The number of epoxide rings is 1. The van der Waals surface area contributed by atoms with Crippen LogP contribution in [-0.2, 0) is 38.0 Å². The number of hydrogen-bond donors (Lipinski definition) is 5. The molecule has 0 saturated carbocycles. The minimum absolute atomic E-state index is 0.120. The van der Waals surface area contributed by atoms with Gasteiger partial charge in [-0.15, -0.1) is 0 Å². The first-order chi connectivity index (χ1) is 22.7. The Labute approximate surface area is 292 Å². The fourth-order valence-electron chi connectivity index (χ4n) is 8.43. The Balaban J connectivity index is 1.76. The number of rotatable bonds is 6. The summed E-state index contributed by atoms with van der Waals surface area (Å²) in [6, 6.07) is -0.564. The van der Waals surface area contributed by atoms with Crippen molar-refractivity contribution in [3.63, 3.8) is 0 Å². The van der Waals surface area contributed by atoms with Crippen molar-refractivity contribution in [3.8, 4) is 0 Å². The molecular weight excluding hydrogens is 638 g/mol. The summed E-state index contributed by atoms with van der Waals surface area (Å²) in [5, 5.41) is 49.4. The maximum Gasteiger partial charge on any atom is 0.311 e. The summed E-state index contributed by atoms with van der Waals surface area (Å²) < 4.78 is 43.6. The molecule has 17 atom stereocenters. The molecule has 4 aliphatic rings. The first-order valence-corrected chi connectivity index (χ1v) is 18.3. The SMILES string of the molecule is CC[C@H]1OC(=O)[C@H](C)[C@@H](O[C@H]2C[C@@](C)(OC)[C@]3(CO3)[C@H](C)O2)[C@H](C)[C@@H](O[C@@H]2O[C@H](C)CC[C@H]2O)[C@](C)(O)C[C@@H](C)CN[C@H](C)[C@@H](O)[C@]1(C)O. The summed E-state index contributed by atoms with van der Waals surface area (Å²) in [6.45, 7) is 18.9. The summed E-state index contributed by atoms with van der Waals surface area (Å²) in [5.41, 5.74) is -4.61. The molecule has 4 heterocycles. The van der Waals surface area contributed by atoms with E-state index >= 15 is 0 Å². The minimum Gasteiger partial charge on any atom is -0.459 e. The molecular formula is C36H65NO12. The second-order valence-electron chi connectivity index (χ2n) is 16.2. The average molecular weight is 704 g/mol. The van der Waals surface area contributed by atoms with Gasteiger partial charge in [-0.1, -0.05) is 20.8 Å². The normalized spacial score (nSPS) is 52.2. The van der Waals surface area contributed by atoms with Crippen molar-refractivity contribution >= 4 is 5.97 Å². The van der Waals surface area contributed by atoms with Crippen molar-refractivity contribution in [2.24, 2.45) is 17.8 Å². The molecule has 286 valence electrons. The summed E-state index contributed by atoms with van der Waals surface area (Å²) in [5.74, 6) is -2.40. The lowest BCUT2D eigenvalue weighted by Gasteiger charge is -2.48. The topological polar surface area (TPSA) is 178 Å². The van der Waals surface area contributed by atoms with Gasteiger partial charge in [0, 0.05) is 25.5 Å². The molecule has 13 heteroatoms. The third-order valence-corrected chi connectivity index (χ3v) is 11.9. The quantitative estimate of drug-likeness (QED) is 0.202. The van der Waals surface area contributed by atoms with Crippen LogP contribution in [-0.4, -0.2) is 130 Å². The molecule has 0 unspecified atom stereocenters. The Morgan fingerprint density at radius 1 is 0.959 bits per heavy atom. The zero-order valence-electron chi connectivity index (χ0n) is 31.5. The maximum atomic E-state index is 14.1. The lowest BCUT2D eigenvalue weighted by atomic mass is 9.77. The van der Waals surface area contributed by atoms with Crippen LogP contribution in [0.15, 0.2) is 0 Å². The van der Waals surface area contributed by atoms with Gasteiger partial charge in [0.2, 0.25) is 0 Å². The van der Waals surface area contributed by atoms with E-state index in [9.17, 15) is 25.2 Å². The maximum absolute atomic E-state index is 14.1. The zero-order chi connectivity index (χ0) is 36.7. The number of carbonyl (C=O) groups is 1. The highest BCUT2D eigenvalue weighted by Gasteiger charge is 2.67. The molecule has 13 nitrogen and oxygen atoms in total. The van der Waals surface area contributed by atoms with Crippen LogP contribution in [0.2, 0.25) is 0 Å². The minimum atomic E-state index is -1.77. The molecule has 0 aromatic carbocycles. The average Bonchev–Trinajstić information content (AvgIpc) is 3.85. The predicted octanol–water partition coefficient (Wildman–Crippen LogP) is 2.43. The van der Waals surface area contributed by atoms with Crippen LogP contribution >= 0.6 is 0 Å². The molecule has 0 bridgehead atoms. The van der Waals surface area contributed by atoms with Gasteiger partial charge in [-0.2, -0.15) is 0 Å². The van der Waals surface area contributed by atoms with E-state index in [4.69, 9.17) is 33.2 Å². The van der Waals surface area contributed by atoms with E-state index in [2.05, 4.69) is 5.32 Å². The van der Waals surface area contributed by atoms with Crippen molar-refractivity contribution in [1.29, 1.82) is 0 Å². The largest absolute Gasteiger partial charge is 0.459 e. The number of aliphatic hydroxyl groups is 4. The lowest BCUT2D eigenvalue weighted by molar-refractivity contribution is -0.310. The van der Waals surface area contributed by atoms with Crippen molar-refractivity contribution < 1.29 is 58.4 Å². The number of ether oxygens (including phenoxy) is 7. The van der Waals surface area contributed by atoms with E-state index in [0.717, 1.165) is 0 Å². The van der Waals surface area contributed by atoms with Crippen molar-refractivity contribution in [3.05, 3.63) is 0 Å². The Morgan fingerprint density at radius 2 is 1.61 bits per heavy atom. The van der Waals surface area contributed by atoms with Crippen LogP contribution in [0.4, 0.5) is 0 Å². The fraction of sp³-hybridized carbons (Fsp3) is 0.972. The van der Waals surface area contributed by atoms with Gasteiger partial charge in [-0.25, -0.2) is 0 Å². The molecule has 0 aliphatic carbocycles. The first-order valence-electron chi connectivity index (χ1n) is 18.3. The smallest absolute Gasteiger partial charge is 0.311 e. The van der Waals surface area contributed by atoms with Gasteiger partial charge < -0.3 is 58.9 Å². The van der Waals surface area contributed by atoms with E-state index in [-0.39, 0.29) is 31.0 Å². The standard InChI is InChI=1S/C36H65NO12/c1-12-26-35(10,42)29(39)23(6)37-17-19(2)15-33(8,41)30(49-32-25(38)14-13-20(3)45-32)21(4)28(22(5)31(40)47-26)48-27-16-34(9,43-11)36(18-44-36)24(7)46-27/h19-30,32,37-39,41-42H,12-18H2,1-11H3/t19-,20-,21+,22-,23-,24+,25-,26-,27+,28+,29-,30-,32+,33-,34-,35-,36+/m1/s1. The van der Waals surface area contributed by atoms with Crippen LogP contribution in [0.1, 0.15) is 101 Å². The lowest BCUT2D eigenvalue weighted by Crippen LogP contribution is -2.61. The molecule has 0 amide bonds. The van der Waals surface area contributed by atoms with E-state index < -0.39 is 89.4 Å². The number of nitrogens with one attached hydrogen (secondary N) is 1. The van der Waals surface area contributed by atoms with Gasteiger partial charge in [0.05, 0.1) is 42.5 Å². The Kier molecular flexibility index (Phi) is 13.0. The molecule has 0 radical (unpaired) electrons. The molecule has 49 heavy (non-hydrogen) atoms. The summed E-state index contributed by atoms with van der Waals surface area (Å²) in [7, 11) is 1.63. The number of methoxy groups -OCH3 is 1. The van der Waals surface area contributed by atoms with E-state index in [1.165, 1.54) is 6.92 Å². The molecule has 1 spiro atoms. The van der Waals surface area contributed by atoms with Gasteiger partial charge in [0.25, 0.3) is 0 Å². The number of carbonyl (C=O) groups excluding carboxylic acids is 1. The Hall–Kier alpha value is -0.970. The fourth-order valence-corrected chi connectivity index (χ4v) is 8.43. The highest BCUT2D eigenvalue weighted by Crippen LogP contribution is 2.51. The van der Waals surface area contributed by atoms with Gasteiger partial charge in [0.1, 0.15) is 35.1 Å². The number of esters is 1. The molecule has 0 aromatic rings. The van der Waals surface area contributed by atoms with E-state index in [0.29, 0.717) is 32.4 Å². The summed E-state index contributed by atoms with van der Waals surface area (Å²) in [6.07, 6.45) is -5.55. The van der Waals surface area contributed by atoms with Crippen LogP contribution in [0.3, 0.4) is 0 Å². The second kappa shape index (κ2) is 15.6. The van der Waals surface area contributed by atoms with Crippen LogP contribution in [0, 0.1) is 17.8 Å². The highest BCUT2D eigenvalue weighted by atomic mass is 16.7. The predicted molar refractivity (Wildman–Crippen MR) is 179 cm³/mol. The first kappa shape index (κ1) is 40.8. The number of cyclic esters (lactones) is 1. The van der Waals surface area contributed by atoms with Crippen molar-refractivity contribution in [2.75, 3.05) is 20.3 Å². The van der Waals surface area contributed by atoms with Crippen molar-refractivity contribution in [2.45, 2.75) is 185 Å². The molecule has 4 aliphatic heterocycles. The summed E-state index contributed by atoms with van der Waals surface area (Å²) >= 11 is 0. The summed E-state index contributed by atoms with van der Waals surface area (Å²) in [4.78, 5) is 14.1. The van der Waals surface area contributed by atoms with Gasteiger partial charge in [-0.3, -0.25) is 4.79 Å². The third-order valence-electron chi connectivity index (χ3n) is 11.9. The van der Waals surface area contributed by atoms with Crippen molar-refractivity contribution in [1.82, 2.24) is 5.32 Å². The highest BCUT2D eigenvalue weighted by molar-refractivity contribution is 5.73. The number of aliphatic hydroxyl groups excluding tert-OH is 2. The molecule has 0 aromatic heterocycles. The molecule has 4 rings (SSSR count). The second-order valence-corrected chi connectivity index (χ2v) is 16.2. The Morgan fingerprint density at radius 3 is 2.20 bits per heavy atom. The molecule has 5 N–H and O–H groups in total. The number of hydrogen-bond acceptors (Lipinski definition) is 13. The van der Waals surface area contributed by atoms with Gasteiger partial charge in [-0.05, 0) is 86.6 Å². The van der Waals surface area contributed by atoms with Gasteiger partial charge in [0.15, 0.2) is 12.6 Å². The molecule has 4 fully saturated rings. The van der Waals surface area contributed by atoms with Crippen LogP contribution in [0.5, 0.6) is 0 Å². The zero-order valence-corrected chi connectivity index (χ0v) is 31.5. The monoisotopic (exact) mass is 703 g/mol. The van der Waals surface area contributed by atoms with E-state index in [1.807, 2.05) is 34.6 Å². The Bertz CT molecular complexity index is 1100. The molecule has 4 saturated heterocycles. The third kappa shape index (κ3) is 8.48. The van der Waals surface area contributed by atoms with Gasteiger partial charge >= 0.3 is 5.97 Å².